The lowest BCUT2D eigenvalue weighted by Crippen LogP contribution is -2.27. The summed E-state index contributed by atoms with van der Waals surface area (Å²) in [6.45, 7) is 0.503. The monoisotopic (exact) mass is 569 g/mol. The Morgan fingerprint density at radius 2 is 1.46 bits per heavy atom. The molecule has 0 aliphatic carbocycles. The molecule has 6 rings (SSSR count). The summed E-state index contributed by atoms with van der Waals surface area (Å²) < 4.78 is 5.97. The molecule has 0 atom stereocenters. The zero-order valence-electron chi connectivity index (χ0n) is 20.6. The van der Waals surface area contributed by atoms with Gasteiger partial charge in [0.25, 0.3) is 11.1 Å². The number of carbonyl (C=O) groups is 2. The number of amides is 2. The normalized spacial score (nSPS) is 14.6. The van der Waals surface area contributed by atoms with Crippen LogP contribution in [-0.4, -0.2) is 16.0 Å². The average molecular weight is 570 g/mol. The van der Waals surface area contributed by atoms with Crippen LogP contribution in [0.3, 0.4) is 0 Å². The number of rotatable bonds is 6. The van der Waals surface area contributed by atoms with Crippen LogP contribution in [0.15, 0.2) is 102 Å². The van der Waals surface area contributed by atoms with Crippen LogP contribution in [0, 0.1) is 0 Å². The summed E-state index contributed by atoms with van der Waals surface area (Å²) in [5.74, 6) is 0.0227. The van der Waals surface area contributed by atoms with E-state index in [9.17, 15) is 9.59 Å². The van der Waals surface area contributed by atoms with E-state index in [4.69, 9.17) is 27.9 Å². The average Bonchev–Trinajstić information content (AvgIpc) is 3.20. The topological polar surface area (TPSA) is 46.6 Å². The number of halogens is 2. The Morgan fingerprint density at radius 1 is 0.769 bits per heavy atom. The fourth-order valence-corrected chi connectivity index (χ4v) is 6.12. The maximum absolute atomic E-state index is 13.2. The number of hydrogen-bond acceptors (Lipinski definition) is 4. The Labute approximate surface area is 239 Å². The molecule has 1 aliphatic rings. The molecule has 0 saturated carbocycles. The van der Waals surface area contributed by atoms with Gasteiger partial charge in [-0.05, 0) is 74.3 Å². The third kappa shape index (κ3) is 5.26. The lowest BCUT2D eigenvalue weighted by molar-refractivity contribution is -0.123. The maximum atomic E-state index is 13.2. The molecule has 192 valence electrons. The van der Waals surface area contributed by atoms with E-state index in [1.165, 1.54) is 4.90 Å². The van der Waals surface area contributed by atoms with Crippen molar-refractivity contribution in [2.75, 3.05) is 0 Å². The van der Waals surface area contributed by atoms with E-state index < -0.39 is 0 Å². The van der Waals surface area contributed by atoms with Crippen molar-refractivity contribution in [1.82, 2.24) is 4.90 Å². The first-order valence-electron chi connectivity index (χ1n) is 12.3. The molecule has 1 fully saturated rings. The maximum Gasteiger partial charge on any atom is 0.293 e. The summed E-state index contributed by atoms with van der Waals surface area (Å²) in [7, 11) is 0. The molecule has 39 heavy (non-hydrogen) atoms. The van der Waals surface area contributed by atoms with Gasteiger partial charge < -0.3 is 4.74 Å². The fourth-order valence-electron chi connectivity index (χ4n) is 4.67. The molecule has 0 spiro atoms. The predicted octanol–water partition coefficient (Wildman–Crippen LogP) is 9.12. The van der Waals surface area contributed by atoms with E-state index >= 15 is 0 Å². The van der Waals surface area contributed by atoms with Crippen molar-refractivity contribution in [1.29, 1.82) is 0 Å². The molecule has 4 nitrogen and oxygen atoms in total. The summed E-state index contributed by atoms with van der Waals surface area (Å²) in [5.41, 5.74) is 2.51. The molecule has 1 saturated heterocycles. The molecular formula is C32H21Cl2NO3S. The molecule has 0 aromatic heterocycles. The van der Waals surface area contributed by atoms with E-state index in [-0.39, 0.29) is 17.7 Å². The van der Waals surface area contributed by atoms with Crippen molar-refractivity contribution >= 4 is 73.7 Å². The van der Waals surface area contributed by atoms with Gasteiger partial charge in [-0.1, -0.05) is 102 Å². The first kappa shape index (κ1) is 25.5. The summed E-state index contributed by atoms with van der Waals surface area (Å²) in [6.07, 6.45) is 1.64. The number of nitrogens with zero attached hydrogens (tertiary/aromatic N) is 1. The van der Waals surface area contributed by atoms with Crippen molar-refractivity contribution in [2.45, 2.75) is 13.2 Å². The Hall–Kier alpha value is -3.77. The molecule has 1 aliphatic heterocycles. The standard InChI is InChI=1S/C32H21Cl2NO3S/c33-27-15-21(16-28(34)30(27)38-19-20-12-13-22-6-1-2-8-24(22)14-20)17-29-31(36)35(32(37)39-29)18-25-10-5-9-23-7-3-4-11-26(23)25/h1-17H,18-19H2/b29-17+. The Morgan fingerprint density at radius 3 is 2.26 bits per heavy atom. The minimum atomic E-state index is -0.346. The fraction of sp³-hybridized carbons (Fsp3) is 0.0625. The first-order chi connectivity index (χ1) is 19.0. The Bertz CT molecular complexity index is 1770. The van der Waals surface area contributed by atoms with Crippen LogP contribution in [0.1, 0.15) is 16.7 Å². The number of thioether (sulfide) groups is 1. The number of imide groups is 1. The molecule has 5 aromatic carbocycles. The van der Waals surface area contributed by atoms with Crippen molar-refractivity contribution in [3.05, 3.63) is 129 Å². The van der Waals surface area contributed by atoms with Crippen molar-refractivity contribution in [2.24, 2.45) is 0 Å². The largest absolute Gasteiger partial charge is 0.486 e. The molecule has 0 N–H and O–H groups in total. The SMILES string of the molecule is O=C1S/C(=C/c2cc(Cl)c(OCc3ccc4ccccc4c3)c(Cl)c2)C(=O)N1Cc1cccc2ccccc12. The van der Waals surface area contributed by atoms with Crippen LogP contribution in [0.25, 0.3) is 27.6 Å². The van der Waals surface area contributed by atoms with Gasteiger partial charge in [-0.3, -0.25) is 14.5 Å². The molecule has 0 bridgehead atoms. The third-order valence-corrected chi connectivity index (χ3v) is 8.07. The van der Waals surface area contributed by atoms with Crippen molar-refractivity contribution in [3.63, 3.8) is 0 Å². The predicted molar refractivity (Wildman–Crippen MR) is 160 cm³/mol. The number of ether oxygens (including phenoxy) is 1. The van der Waals surface area contributed by atoms with Gasteiger partial charge in [0.2, 0.25) is 0 Å². The lowest BCUT2D eigenvalue weighted by Gasteiger charge is -2.14. The molecule has 1 heterocycles. The first-order valence-corrected chi connectivity index (χ1v) is 13.8. The molecule has 5 aromatic rings. The van der Waals surface area contributed by atoms with Crippen LogP contribution < -0.4 is 4.74 Å². The lowest BCUT2D eigenvalue weighted by atomic mass is 10.0. The van der Waals surface area contributed by atoms with Gasteiger partial charge in [0.15, 0.2) is 5.75 Å². The highest BCUT2D eigenvalue weighted by Gasteiger charge is 2.35. The molecule has 2 amide bonds. The second kappa shape index (κ2) is 10.8. The molecule has 7 heteroatoms. The summed E-state index contributed by atoms with van der Waals surface area (Å²) in [4.78, 5) is 27.5. The zero-order chi connectivity index (χ0) is 26.9. The third-order valence-electron chi connectivity index (χ3n) is 6.60. The highest BCUT2D eigenvalue weighted by molar-refractivity contribution is 8.18. The van der Waals surface area contributed by atoms with E-state index in [0.29, 0.717) is 32.9 Å². The number of hydrogen-bond donors (Lipinski definition) is 0. The van der Waals surface area contributed by atoms with Gasteiger partial charge in [0.1, 0.15) is 6.61 Å². The quantitative estimate of drug-likeness (QED) is 0.191. The highest BCUT2D eigenvalue weighted by atomic mass is 35.5. The van der Waals surface area contributed by atoms with Crippen LogP contribution >= 0.6 is 35.0 Å². The molecule has 0 unspecified atom stereocenters. The van der Waals surface area contributed by atoms with Crippen molar-refractivity contribution in [3.8, 4) is 5.75 Å². The van der Waals surface area contributed by atoms with Crippen LogP contribution in [0.4, 0.5) is 4.79 Å². The van der Waals surface area contributed by atoms with Crippen LogP contribution in [0.5, 0.6) is 5.75 Å². The van der Waals surface area contributed by atoms with Gasteiger partial charge >= 0.3 is 0 Å². The smallest absolute Gasteiger partial charge is 0.293 e. The van der Waals surface area contributed by atoms with E-state index in [1.54, 1.807) is 18.2 Å². The highest BCUT2D eigenvalue weighted by Crippen LogP contribution is 2.38. The number of carbonyl (C=O) groups excluding carboxylic acids is 2. The summed E-state index contributed by atoms with van der Waals surface area (Å²) in [5, 5.41) is 4.69. The minimum Gasteiger partial charge on any atom is -0.486 e. The summed E-state index contributed by atoms with van der Waals surface area (Å²) >= 11 is 14.0. The van der Waals surface area contributed by atoms with Crippen molar-refractivity contribution < 1.29 is 14.3 Å². The van der Waals surface area contributed by atoms with E-state index in [1.807, 2.05) is 66.7 Å². The van der Waals surface area contributed by atoms with Crippen LogP contribution in [-0.2, 0) is 17.9 Å². The van der Waals surface area contributed by atoms with Gasteiger partial charge in [0, 0.05) is 0 Å². The number of benzene rings is 5. The summed E-state index contributed by atoms with van der Waals surface area (Å²) in [6, 6.07) is 31.4. The Kier molecular flexibility index (Phi) is 7.05. The second-order valence-corrected chi connectivity index (χ2v) is 11.0. The van der Waals surface area contributed by atoms with E-state index in [0.717, 1.165) is 44.4 Å². The number of fused-ring (bicyclic) bond motifs is 2. The van der Waals surface area contributed by atoms with Gasteiger partial charge in [-0.2, -0.15) is 0 Å². The van der Waals surface area contributed by atoms with Gasteiger partial charge in [-0.15, -0.1) is 0 Å². The zero-order valence-corrected chi connectivity index (χ0v) is 22.9. The van der Waals surface area contributed by atoms with Gasteiger partial charge in [-0.25, -0.2) is 0 Å². The second-order valence-electron chi connectivity index (χ2n) is 9.19. The van der Waals surface area contributed by atoms with Gasteiger partial charge in [0.05, 0.1) is 21.5 Å². The molecule has 0 radical (unpaired) electrons. The van der Waals surface area contributed by atoms with Crippen LogP contribution in [0.2, 0.25) is 10.0 Å². The molecular weight excluding hydrogens is 549 g/mol. The Balaban J connectivity index is 1.19. The van der Waals surface area contributed by atoms with E-state index in [2.05, 4.69) is 18.2 Å². The minimum absolute atomic E-state index is 0.201.